The molecule has 1 fully saturated rings. The highest BCUT2D eigenvalue weighted by molar-refractivity contribution is 5.06. The molecule has 0 aromatic carbocycles. The van der Waals surface area contributed by atoms with Gasteiger partial charge in [-0.3, -0.25) is 4.90 Å². The second-order valence-corrected chi connectivity index (χ2v) is 5.55. The molecule has 1 atom stereocenters. The Labute approximate surface area is 95.2 Å². The molecule has 90 valence electrons. The molecular weight excluding hydrogens is 184 g/mol. The number of likely N-dealkylation sites (N-methyl/N-ethyl adjacent to an activating group) is 1. The summed E-state index contributed by atoms with van der Waals surface area (Å²) in [7, 11) is 0. The highest BCUT2D eigenvalue weighted by atomic mass is 15.2. The lowest BCUT2D eigenvalue weighted by Crippen LogP contribution is -2.59. The Morgan fingerprint density at radius 3 is 2.20 bits per heavy atom. The molecule has 0 amide bonds. The van der Waals surface area contributed by atoms with Gasteiger partial charge >= 0.3 is 0 Å². The van der Waals surface area contributed by atoms with E-state index in [9.17, 15) is 0 Å². The fourth-order valence-electron chi connectivity index (χ4n) is 3.43. The van der Waals surface area contributed by atoms with Crippen molar-refractivity contribution in [2.45, 2.75) is 58.9 Å². The predicted octanol–water partition coefficient (Wildman–Crippen LogP) is 2.63. The zero-order valence-corrected chi connectivity index (χ0v) is 11.0. The van der Waals surface area contributed by atoms with Crippen LogP contribution in [0.4, 0.5) is 0 Å². The molecule has 0 aromatic heterocycles. The number of hydrogen-bond acceptors (Lipinski definition) is 2. The summed E-state index contributed by atoms with van der Waals surface area (Å²) in [5, 5.41) is 0. The maximum absolute atomic E-state index is 6.11. The van der Waals surface area contributed by atoms with Crippen molar-refractivity contribution in [3.05, 3.63) is 0 Å². The van der Waals surface area contributed by atoms with Crippen molar-refractivity contribution in [2.24, 2.45) is 11.1 Å². The van der Waals surface area contributed by atoms with E-state index >= 15 is 0 Å². The van der Waals surface area contributed by atoms with Crippen molar-refractivity contribution >= 4 is 0 Å². The molecule has 1 aliphatic carbocycles. The van der Waals surface area contributed by atoms with E-state index < -0.39 is 0 Å². The summed E-state index contributed by atoms with van der Waals surface area (Å²) in [6, 6.07) is 0. The first kappa shape index (κ1) is 13.0. The van der Waals surface area contributed by atoms with Crippen LogP contribution in [0.5, 0.6) is 0 Å². The van der Waals surface area contributed by atoms with Gasteiger partial charge in [-0.2, -0.15) is 0 Å². The van der Waals surface area contributed by atoms with E-state index in [1.54, 1.807) is 0 Å². The van der Waals surface area contributed by atoms with Crippen molar-refractivity contribution in [3.8, 4) is 0 Å². The zero-order chi connectivity index (χ0) is 11.5. The first-order valence-corrected chi connectivity index (χ1v) is 6.49. The summed E-state index contributed by atoms with van der Waals surface area (Å²) in [4.78, 5) is 2.62. The Bertz CT molecular complexity index is 201. The van der Waals surface area contributed by atoms with Gasteiger partial charge in [-0.05, 0) is 37.8 Å². The van der Waals surface area contributed by atoms with Crippen LogP contribution < -0.4 is 5.73 Å². The number of nitrogens with zero attached hydrogens (tertiary/aromatic N) is 1. The summed E-state index contributed by atoms with van der Waals surface area (Å²) in [5.74, 6) is 0. The molecule has 2 N–H and O–H groups in total. The van der Waals surface area contributed by atoms with Crippen LogP contribution >= 0.6 is 0 Å². The molecule has 2 nitrogen and oxygen atoms in total. The van der Waals surface area contributed by atoms with Crippen LogP contribution in [0.15, 0.2) is 0 Å². The molecule has 0 bridgehead atoms. The van der Waals surface area contributed by atoms with Gasteiger partial charge in [-0.15, -0.1) is 0 Å². The molecule has 1 saturated carbocycles. The summed E-state index contributed by atoms with van der Waals surface area (Å²) in [6.45, 7) is 12.5. The standard InChI is InChI=1S/C13H28N2/c1-5-10-15(6-2)13(11-14)9-7-8-12(13,3)4/h5-11,14H2,1-4H3. The minimum absolute atomic E-state index is 0.262. The Morgan fingerprint density at radius 1 is 1.20 bits per heavy atom. The van der Waals surface area contributed by atoms with Crippen LogP contribution in [0.2, 0.25) is 0 Å². The quantitative estimate of drug-likeness (QED) is 0.759. The topological polar surface area (TPSA) is 29.3 Å². The molecule has 1 rings (SSSR count). The molecule has 0 spiro atoms. The molecular formula is C13H28N2. The van der Waals surface area contributed by atoms with Gasteiger partial charge in [-0.1, -0.05) is 34.1 Å². The van der Waals surface area contributed by atoms with Crippen LogP contribution in [0.1, 0.15) is 53.4 Å². The first-order chi connectivity index (χ1) is 7.04. The summed E-state index contributed by atoms with van der Waals surface area (Å²) < 4.78 is 0. The van der Waals surface area contributed by atoms with Gasteiger partial charge < -0.3 is 5.73 Å². The third-order valence-electron chi connectivity index (χ3n) is 4.47. The van der Waals surface area contributed by atoms with Crippen LogP contribution in [0.25, 0.3) is 0 Å². The van der Waals surface area contributed by atoms with Crippen molar-refractivity contribution in [1.29, 1.82) is 0 Å². The first-order valence-electron chi connectivity index (χ1n) is 6.49. The van der Waals surface area contributed by atoms with Crippen LogP contribution in [-0.4, -0.2) is 30.1 Å². The van der Waals surface area contributed by atoms with Crippen LogP contribution in [0, 0.1) is 5.41 Å². The Morgan fingerprint density at radius 2 is 1.87 bits per heavy atom. The molecule has 1 unspecified atom stereocenters. The van der Waals surface area contributed by atoms with E-state index in [4.69, 9.17) is 5.73 Å². The Kier molecular flexibility index (Phi) is 4.19. The maximum Gasteiger partial charge on any atom is 0.0382 e. The van der Waals surface area contributed by atoms with E-state index in [1.807, 2.05) is 0 Å². The third kappa shape index (κ3) is 2.07. The number of nitrogens with two attached hydrogens (primary N) is 1. The fraction of sp³-hybridized carbons (Fsp3) is 1.00. The monoisotopic (exact) mass is 212 g/mol. The van der Waals surface area contributed by atoms with Gasteiger partial charge in [0.1, 0.15) is 0 Å². The maximum atomic E-state index is 6.11. The fourth-order valence-corrected chi connectivity index (χ4v) is 3.43. The second kappa shape index (κ2) is 4.84. The van der Waals surface area contributed by atoms with E-state index in [-0.39, 0.29) is 5.54 Å². The van der Waals surface area contributed by atoms with E-state index in [0.717, 1.165) is 13.1 Å². The normalized spacial score (nSPS) is 30.0. The average Bonchev–Trinajstić information content (AvgIpc) is 2.51. The van der Waals surface area contributed by atoms with Gasteiger partial charge in [0.15, 0.2) is 0 Å². The molecule has 15 heavy (non-hydrogen) atoms. The largest absolute Gasteiger partial charge is 0.329 e. The molecule has 1 aliphatic rings. The lowest BCUT2D eigenvalue weighted by molar-refractivity contribution is 0.0166. The van der Waals surface area contributed by atoms with Crippen molar-refractivity contribution < 1.29 is 0 Å². The summed E-state index contributed by atoms with van der Waals surface area (Å²) in [5.41, 5.74) is 6.75. The lowest BCUT2D eigenvalue weighted by atomic mass is 9.73. The molecule has 0 radical (unpaired) electrons. The molecule has 0 heterocycles. The Hall–Kier alpha value is -0.0800. The van der Waals surface area contributed by atoms with Crippen LogP contribution in [0.3, 0.4) is 0 Å². The highest BCUT2D eigenvalue weighted by Gasteiger charge is 2.50. The average molecular weight is 212 g/mol. The molecule has 2 heteroatoms. The van der Waals surface area contributed by atoms with Crippen molar-refractivity contribution in [3.63, 3.8) is 0 Å². The van der Waals surface area contributed by atoms with E-state index in [0.29, 0.717) is 5.41 Å². The van der Waals surface area contributed by atoms with Gasteiger partial charge in [0.2, 0.25) is 0 Å². The zero-order valence-electron chi connectivity index (χ0n) is 11.0. The SMILES string of the molecule is CCCN(CC)C1(CN)CCCC1(C)C. The number of rotatable bonds is 5. The number of hydrogen-bond donors (Lipinski definition) is 1. The minimum Gasteiger partial charge on any atom is -0.329 e. The van der Waals surface area contributed by atoms with E-state index in [1.165, 1.54) is 32.2 Å². The molecule has 0 aromatic rings. The summed E-state index contributed by atoms with van der Waals surface area (Å²) in [6.07, 6.45) is 5.17. The molecule has 0 aliphatic heterocycles. The predicted molar refractivity (Wildman–Crippen MR) is 67.0 cm³/mol. The van der Waals surface area contributed by atoms with Gasteiger partial charge in [-0.25, -0.2) is 0 Å². The van der Waals surface area contributed by atoms with Crippen molar-refractivity contribution in [1.82, 2.24) is 4.90 Å². The van der Waals surface area contributed by atoms with Gasteiger partial charge in [0, 0.05) is 12.1 Å². The van der Waals surface area contributed by atoms with E-state index in [2.05, 4.69) is 32.6 Å². The lowest BCUT2D eigenvalue weighted by Gasteiger charge is -2.49. The van der Waals surface area contributed by atoms with Gasteiger partial charge in [0.05, 0.1) is 0 Å². The van der Waals surface area contributed by atoms with Gasteiger partial charge in [0.25, 0.3) is 0 Å². The molecule has 0 saturated heterocycles. The highest BCUT2D eigenvalue weighted by Crippen LogP contribution is 2.48. The summed E-state index contributed by atoms with van der Waals surface area (Å²) >= 11 is 0. The van der Waals surface area contributed by atoms with Crippen LogP contribution in [-0.2, 0) is 0 Å². The van der Waals surface area contributed by atoms with Crippen molar-refractivity contribution in [2.75, 3.05) is 19.6 Å². The third-order valence-corrected chi connectivity index (χ3v) is 4.47. The Balaban J connectivity index is 2.91. The minimum atomic E-state index is 0.262. The smallest absolute Gasteiger partial charge is 0.0382 e. The second-order valence-electron chi connectivity index (χ2n) is 5.55.